The highest BCUT2D eigenvalue weighted by molar-refractivity contribution is 9.12. The van der Waals surface area contributed by atoms with Crippen LogP contribution < -0.4 is 4.90 Å². The molecule has 2 N–H and O–H groups in total. The second-order valence-corrected chi connectivity index (χ2v) is 11.2. The largest absolute Gasteiger partial charge is 0.508 e. The lowest BCUT2D eigenvalue weighted by molar-refractivity contribution is -0.123. The molecule has 2 aromatic carbocycles. The number of carbonyl (C=O) groups is 5. The Morgan fingerprint density at radius 2 is 1.79 bits per heavy atom. The number of ketones is 2. The van der Waals surface area contributed by atoms with Crippen molar-refractivity contribution in [2.24, 2.45) is 17.8 Å². The summed E-state index contributed by atoms with van der Waals surface area (Å²) in [5.74, 6) is -5.71. The van der Waals surface area contributed by atoms with Crippen LogP contribution in [0.1, 0.15) is 34.7 Å². The minimum Gasteiger partial charge on any atom is -0.508 e. The van der Waals surface area contributed by atoms with Gasteiger partial charge in [-0.1, -0.05) is 35.4 Å². The number of Topliss-reactive ketones (excluding diaryl/α,β-unsaturated/α-hetero) is 1. The molecule has 1 aliphatic heterocycles. The van der Waals surface area contributed by atoms with Crippen LogP contribution in [0.5, 0.6) is 5.75 Å². The third-order valence-electron chi connectivity index (χ3n) is 7.98. The number of phenolic OH excluding ortho intramolecular Hbond substituents is 1. The van der Waals surface area contributed by atoms with E-state index in [1.807, 2.05) is 6.08 Å². The number of aromatic hydroxyl groups is 1. The van der Waals surface area contributed by atoms with Crippen molar-refractivity contribution in [3.8, 4) is 5.75 Å². The van der Waals surface area contributed by atoms with Gasteiger partial charge < -0.3 is 10.2 Å². The van der Waals surface area contributed by atoms with Gasteiger partial charge in [-0.05, 0) is 70.6 Å². The normalized spacial score (nSPS) is 26.2. The molecular formula is C29H19BrClNO7. The van der Waals surface area contributed by atoms with Gasteiger partial charge in [-0.15, -0.1) is 0 Å². The highest BCUT2D eigenvalue weighted by atomic mass is 79.9. The molecule has 2 amide bonds. The van der Waals surface area contributed by atoms with E-state index in [0.717, 1.165) is 10.5 Å². The maximum absolute atomic E-state index is 13.9. The van der Waals surface area contributed by atoms with E-state index in [1.54, 1.807) is 6.07 Å². The Morgan fingerprint density at radius 1 is 1.03 bits per heavy atom. The van der Waals surface area contributed by atoms with Crippen LogP contribution in [0.15, 0.2) is 75.8 Å². The Bertz CT molecular complexity index is 1640. The topological polar surface area (TPSA) is 129 Å². The van der Waals surface area contributed by atoms with Crippen molar-refractivity contribution in [3.05, 3.63) is 92.0 Å². The molecule has 196 valence electrons. The summed E-state index contributed by atoms with van der Waals surface area (Å²) in [6, 6.07) is 10.0. The smallest absolute Gasteiger partial charge is 0.335 e. The number of hydrogen-bond donors (Lipinski definition) is 2. The zero-order valence-corrected chi connectivity index (χ0v) is 22.4. The average Bonchev–Trinajstić information content (AvgIpc) is 3.16. The number of carboxylic acid groups (broad SMARTS) is 1. The lowest BCUT2D eigenvalue weighted by Crippen LogP contribution is -2.39. The minimum atomic E-state index is -1.18. The van der Waals surface area contributed by atoms with Gasteiger partial charge in [0.1, 0.15) is 5.75 Å². The number of rotatable bonds is 3. The first-order valence-corrected chi connectivity index (χ1v) is 13.3. The monoisotopic (exact) mass is 607 g/mol. The van der Waals surface area contributed by atoms with Crippen molar-refractivity contribution in [1.29, 1.82) is 0 Å². The SMILES string of the molecule is O=C1C=C(Br)C(=O)C2=C1[C@@H](c1ccc(O)cc1Cl)C1=CC[C@@H]3C(=O)N(c4cccc(C(=O)O)c4)C(=O)[C@@H]3[C@@H]1C2. The minimum absolute atomic E-state index is 0.0563. The predicted octanol–water partition coefficient (Wildman–Crippen LogP) is 4.71. The molecule has 3 aliphatic carbocycles. The maximum Gasteiger partial charge on any atom is 0.335 e. The third kappa shape index (κ3) is 3.83. The summed E-state index contributed by atoms with van der Waals surface area (Å²) in [5.41, 5.74) is 1.88. The summed E-state index contributed by atoms with van der Waals surface area (Å²) in [5, 5.41) is 19.5. The Morgan fingerprint density at radius 3 is 2.51 bits per heavy atom. The number of benzene rings is 2. The Balaban J connectivity index is 1.48. The summed E-state index contributed by atoms with van der Waals surface area (Å²) < 4.78 is 0.113. The number of anilines is 1. The number of phenols is 1. The molecule has 10 heteroatoms. The standard InChI is InChI=1S/C29H19BrClNO7/c30-20-11-22(34)25-19(26(20)35)10-18-15(23(25)16-5-4-14(33)9-21(16)31)6-7-17-24(18)28(37)32(27(17)36)13-3-1-2-12(8-13)29(38)39/h1-6,8-9,11,17-18,23-24,33H,7,10H2,(H,38,39)/t17-,18+,23+,24-/m0/s1. The molecule has 0 unspecified atom stereocenters. The predicted molar refractivity (Wildman–Crippen MR) is 144 cm³/mol. The summed E-state index contributed by atoms with van der Waals surface area (Å²) in [4.78, 5) is 66.5. The summed E-state index contributed by atoms with van der Waals surface area (Å²) in [7, 11) is 0. The van der Waals surface area contributed by atoms with Gasteiger partial charge in [-0.2, -0.15) is 0 Å². The molecule has 6 rings (SSSR count). The Kier molecular flexibility index (Phi) is 5.96. The molecule has 1 heterocycles. The van der Waals surface area contributed by atoms with E-state index in [0.29, 0.717) is 5.56 Å². The molecule has 0 bridgehead atoms. The molecule has 0 spiro atoms. The second kappa shape index (κ2) is 9.14. The first kappa shape index (κ1) is 25.5. The van der Waals surface area contributed by atoms with Crippen LogP contribution in [-0.4, -0.2) is 39.6 Å². The summed E-state index contributed by atoms with van der Waals surface area (Å²) in [6.45, 7) is 0. The molecule has 1 fully saturated rings. The fraction of sp³-hybridized carbons (Fsp3) is 0.207. The van der Waals surface area contributed by atoms with Crippen LogP contribution in [-0.2, 0) is 19.2 Å². The fourth-order valence-corrected chi connectivity index (χ4v) is 7.08. The fourth-order valence-electron chi connectivity index (χ4n) is 6.34. The lowest BCUT2D eigenvalue weighted by atomic mass is 9.59. The van der Waals surface area contributed by atoms with E-state index >= 15 is 0 Å². The maximum atomic E-state index is 13.9. The molecule has 0 radical (unpaired) electrons. The highest BCUT2D eigenvalue weighted by Gasteiger charge is 2.56. The van der Waals surface area contributed by atoms with E-state index in [1.165, 1.54) is 42.5 Å². The number of hydrogen-bond acceptors (Lipinski definition) is 6. The summed E-state index contributed by atoms with van der Waals surface area (Å²) in [6.07, 6.45) is 3.41. The molecule has 2 aromatic rings. The molecule has 8 nitrogen and oxygen atoms in total. The number of nitrogens with zero attached hydrogens (tertiary/aromatic N) is 1. The van der Waals surface area contributed by atoms with E-state index in [4.69, 9.17) is 11.6 Å². The zero-order chi connectivity index (χ0) is 27.7. The highest BCUT2D eigenvalue weighted by Crippen LogP contribution is 2.56. The Hall–Kier alpha value is -3.82. The van der Waals surface area contributed by atoms with Crippen molar-refractivity contribution >= 4 is 62.6 Å². The van der Waals surface area contributed by atoms with Crippen molar-refractivity contribution in [3.63, 3.8) is 0 Å². The van der Waals surface area contributed by atoms with Crippen LogP contribution in [0, 0.1) is 17.8 Å². The van der Waals surface area contributed by atoms with Gasteiger partial charge in [0.2, 0.25) is 11.8 Å². The van der Waals surface area contributed by atoms with Gasteiger partial charge in [-0.25, -0.2) is 4.79 Å². The average molecular weight is 609 g/mol. The number of carboxylic acids is 1. The molecule has 0 saturated carbocycles. The molecule has 0 aromatic heterocycles. The van der Waals surface area contributed by atoms with Crippen LogP contribution >= 0.6 is 27.5 Å². The van der Waals surface area contributed by atoms with Gasteiger partial charge in [-0.3, -0.25) is 24.1 Å². The van der Waals surface area contributed by atoms with Crippen molar-refractivity contribution in [1.82, 2.24) is 0 Å². The van der Waals surface area contributed by atoms with Gasteiger partial charge >= 0.3 is 5.97 Å². The van der Waals surface area contributed by atoms with Crippen molar-refractivity contribution in [2.45, 2.75) is 18.8 Å². The quantitative estimate of drug-likeness (QED) is 0.293. The van der Waals surface area contributed by atoms with Crippen LogP contribution in [0.2, 0.25) is 5.02 Å². The van der Waals surface area contributed by atoms with Gasteiger partial charge in [0.15, 0.2) is 11.6 Å². The Labute approximate surface area is 235 Å². The first-order valence-electron chi connectivity index (χ1n) is 12.2. The lowest BCUT2D eigenvalue weighted by Gasteiger charge is -2.42. The molecule has 4 atom stereocenters. The molecule has 4 aliphatic rings. The molecular weight excluding hydrogens is 590 g/mol. The van der Waals surface area contributed by atoms with Crippen LogP contribution in [0.3, 0.4) is 0 Å². The van der Waals surface area contributed by atoms with E-state index in [-0.39, 0.29) is 62.1 Å². The van der Waals surface area contributed by atoms with E-state index < -0.39 is 41.5 Å². The number of halogens is 2. The first-order chi connectivity index (χ1) is 18.6. The number of amides is 2. The van der Waals surface area contributed by atoms with Crippen LogP contribution in [0.25, 0.3) is 0 Å². The third-order valence-corrected chi connectivity index (χ3v) is 8.89. The van der Waals surface area contributed by atoms with Gasteiger partial charge in [0.05, 0.1) is 27.6 Å². The second-order valence-electron chi connectivity index (χ2n) is 9.97. The zero-order valence-electron chi connectivity index (χ0n) is 20.1. The number of allylic oxidation sites excluding steroid dienone is 6. The summed E-state index contributed by atoms with van der Waals surface area (Å²) >= 11 is 9.72. The molecule has 39 heavy (non-hydrogen) atoms. The van der Waals surface area contributed by atoms with Crippen molar-refractivity contribution in [2.75, 3.05) is 4.90 Å². The van der Waals surface area contributed by atoms with Gasteiger partial charge in [0.25, 0.3) is 0 Å². The van der Waals surface area contributed by atoms with Crippen molar-refractivity contribution < 1.29 is 34.2 Å². The van der Waals surface area contributed by atoms with E-state index in [2.05, 4.69) is 15.9 Å². The number of carbonyl (C=O) groups excluding carboxylic acids is 4. The molecule has 1 saturated heterocycles. The number of fused-ring (bicyclic) bond motifs is 3. The van der Waals surface area contributed by atoms with E-state index in [9.17, 15) is 34.2 Å². The number of aromatic carboxylic acids is 1. The van der Waals surface area contributed by atoms with Crippen LogP contribution in [0.4, 0.5) is 5.69 Å². The van der Waals surface area contributed by atoms with Gasteiger partial charge in [0, 0.05) is 28.2 Å². The number of imide groups is 1.